The van der Waals surface area contributed by atoms with Gasteiger partial charge in [-0.2, -0.15) is 0 Å². The monoisotopic (exact) mass is 233 g/mol. The van der Waals surface area contributed by atoms with Crippen LogP contribution < -0.4 is 5.73 Å². The first-order valence-corrected chi connectivity index (χ1v) is 4.47. The molecule has 0 saturated heterocycles. The van der Waals surface area contributed by atoms with Gasteiger partial charge in [-0.1, -0.05) is 33.6 Å². The number of rotatable bonds is 1. The van der Waals surface area contributed by atoms with E-state index in [1.54, 1.807) is 0 Å². The molecule has 0 aliphatic rings. The van der Waals surface area contributed by atoms with Gasteiger partial charge < -0.3 is 5.73 Å². The molecule has 0 aliphatic heterocycles. The third kappa shape index (κ3) is 1.95. The molecule has 0 aliphatic carbocycles. The van der Waals surface area contributed by atoms with Crippen molar-refractivity contribution in [2.75, 3.05) is 0 Å². The normalized spacial score (nSPS) is 10.2. The second-order valence-electron chi connectivity index (χ2n) is 2.40. The third-order valence-electron chi connectivity index (χ3n) is 1.55. The number of benzene rings is 1. The Morgan fingerprint density at radius 1 is 1.55 bits per heavy atom. The van der Waals surface area contributed by atoms with E-state index in [2.05, 4.69) is 15.9 Å². The van der Waals surface area contributed by atoms with Crippen molar-refractivity contribution in [3.8, 4) is 0 Å². The van der Waals surface area contributed by atoms with Gasteiger partial charge in [0.2, 0.25) is 0 Å². The summed E-state index contributed by atoms with van der Waals surface area (Å²) in [6.07, 6.45) is 0. The Labute approximate surface area is 79.7 Å². The summed E-state index contributed by atoms with van der Waals surface area (Å²) in [6.45, 7) is 2.51. The highest BCUT2D eigenvalue weighted by atomic mass is 79.9. The Balaban J connectivity index is 3.21. The maximum Gasteiger partial charge on any atom is 0.0446 e. The van der Waals surface area contributed by atoms with Crippen molar-refractivity contribution in [3.05, 3.63) is 32.8 Å². The Morgan fingerprint density at radius 3 is 2.73 bits per heavy atom. The molecular formula is C8H9BrClN. The van der Waals surface area contributed by atoms with Gasteiger partial charge in [0.1, 0.15) is 0 Å². The molecule has 0 heterocycles. The Bertz CT molecular complexity index is 273. The van der Waals surface area contributed by atoms with E-state index in [4.69, 9.17) is 17.3 Å². The van der Waals surface area contributed by atoms with Gasteiger partial charge >= 0.3 is 0 Å². The number of hydrogen-bond acceptors (Lipinski definition) is 1. The minimum absolute atomic E-state index is 0.540. The maximum atomic E-state index is 5.87. The number of nitrogens with two attached hydrogens (primary N) is 1. The minimum Gasteiger partial charge on any atom is -0.326 e. The Kier molecular flexibility index (Phi) is 2.93. The molecule has 1 aromatic carbocycles. The van der Waals surface area contributed by atoms with Gasteiger partial charge in [-0.05, 0) is 24.1 Å². The SMILES string of the molecule is Cc1cc(CN)c(Br)cc1Cl. The van der Waals surface area contributed by atoms with Gasteiger partial charge in [-0.25, -0.2) is 0 Å². The standard InChI is InChI=1S/C8H9BrClN/c1-5-2-6(4-11)7(9)3-8(5)10/h2-3H,4,11H2,1H3. The van der Waals surface area contributed by atoms with E-state index in [0.29, 0.717) is 6.54 Å². The summed E-state index contributed by atoms with van der Waals surface area (Å²) in [5, 5.41) is 0.772. The Hall–Kier alpha value is -0.0500. The van der Waals surface area contributed by atoms with Crippen molar-refractivity contribution >= 4 is 27.5 Å². The first-order valence-electron chi connectivity index (χ1n) is 3.29. The van der Waals surface area contributed by atoms with Crippen molar-refractivity contribution in [2.45, 2.75) is 13.5 Å². The van der Waals surface area contributed by atoms with Gasteiger partial charge in [0.25, 0.3) is 0 Å². The number of halogens is 2. The summed E-state index contributed by atoms with van der Waals surface area (Å²) in [5.74, 6) is 0. The van der Waals surface area contributed by atoms with Crippen LogP contribution in [0.15, 0.2) is 16.6 Å². The van der Waals surface area contributed by atoms with Gasteiger partial charge in [-0.3, -0.25) is 0 Å². The van der Waals surface area contributed by atoms with Crippen LogP contribution in [0.5, 0.6) is 0 Å². The van der Waals surface area contributed by atoms with Crippen LogP contribution in [0.3, 0.4) is 0 Å². The summed E-state index contributed by atoms with van der Waals surface area (Å²) in [7, 11) is 0. The second-order valence-corrected chi connectivity index (χ2v) is 3.66. The molecule has 3 heteroatoms. The van der Waals surface area contributed by atoms with Crippen LogP contribution in [0.4, 0.5) is 0 Å². The topological polar surface area (TPSA) is 26.0 Å². The van der Waals surface area contributed by atoms with Crippen molar-refractivity contribution in [1.82, 2.24) is 0 Å². The summed E-state index contributed by atoms with van der Waals surface area (Å²) >= 11 is 9.25. The van der Waals surface area contributed by atoms with Gasteiger partial charge in [0.05, 0.1) is 0 Å². The molecule has 0 saturated carbocycles. The van der Waals surface area contributed by atoms with Crippen LogP contribution >= 0.6 is 27.5 Å². The van der Waals surface area contributed by atoms with E-state index in [1.165, 1.54) is 0 Å². The molecule has 1 nitrogen and oxygen atoms in total. The molecule has 0 amide bonds. The highest BCUT2D eigenvalue weighted by Crippen LogP contribution is 2.24. The van der Waals surface area contributed by atoms with Crippen LogP contribution in [0.25, 0.3) is 0 Å². The lowest BCUT2D eigenvalue weighted by Crippen LogP contribution is -1.97. The van der Waals surface area contributed by atoms with Gasteiger partial charge in [0.15, 0.2) is 0 Å². The van der Waals surface area contributed by atoms with Crippen LogP contribution in [0.2, 0.25) is 5.02 Å². The average molecular weight is 235 g/mol. The van der Waals surface area contributed by atoms with Crippen molar-refractivity contribution < 1.29 is 0 Å². The van der Waals surface area contributed by atoms with E-state index >= 15 is 0 Å². The molecule has 1 aromatic rings. The van der Waals surface area contributed by atoms with Crippen molar-refractivity contribution in [1.29, 1.82) is 0 Å². The van der Waals surface area contributed by atoms with E-state index in [1.807, 2.05) is 19.1 Å². The molecular weight excluding hydrogens is 225 g/mol. The molecule has 0 aromatic heterocycles. The summed E-state index contributed by atoms with van der Waals surface area (Å²) in [4.78, 5) is 0. The number of aryl methyl sites for hydroxylation is 1. The lowest BCUT2D eigenvalue weighted by Gasteiger charge is -2.04. The molecule has 0 spiro atoms. The number of hydrogen-bond donors (Lipinski definition) is 1. The molecule has 0 atom stereocenters. The van der Waals surface area contributed by atoms with Crippen LogP contribution in [0.1, 0.15) is 11.1 Å². The molecule has 11 heavy (non-hydrogen) atoms. The molecule has 0 fully saturated rings. The zero-order valence-corrected chi connectivity index (χ0v) is 8.54. The Morgan fingerprint density at radius 2 is 2.18 bits per heavy atom. The lowest BCUT2D eigenvalue weighted by molar-refractivity contribution is 1.06. The van der Waals surface area contributed by atoms with E-state index in [-0.39, 0.29) is 0 Å². The molecule has 60 valence electrons. The molecule has 0 radical (unpaired) electrons. The highest BCUT2D eigenvalue weighted by molar-refractivity contribution is 9.10. The molecule has 0 bridgehead atoms. The van der Waals surface area contributed by atoms with E-state index < -0.39 is 0 Å². The van der Waals surface area contributed by atoms with E-state index in [9.17, 15) is 0 Å². The predicted octanol–water partition coefficient (Wildman–Crippen LogP) is 2.87. The zero-order valence-electron chi connectivity index (χ0n) is 6.20. The van der Waals surface area contributed by atoms with Crippen LogP contribution in [-0.2, 0) is 6.54 Å². The summed E-state index contributed by atoms with van der Waals surface area (Å²) < 4.78 is 0.982. The molecule has 1 rings (SSSR count). The quantitative estimate of drug-likeness (QED) is 0.794. The predicted molar refractivity (Wildman–Crippen MR) is 51.8 cm³/mol. The summed E-state index contributed by atoms with van der Waals surface area (Å²) in [6, 6.07) is 3.87. The van der Waals surface area contributed by atoms with Crippen molar-refractivity contribution in [2.24, 2.45) is 5.73 Å². The lowest BCUT2D eigenvalue weighted by atomic mass is 10.1. The minimum atomic E-state index is 0.540. The van der Waals surface area contributed by atoms with Crippen LogP contribution in [-0.4, -0.2) is 0 Å². The first-order chi connectivity index (χ1) is 5.15. The molecule has 0 unspecified atom stereocenters. The fraction of sp³-hybridized carbons (Fsp3) is 0.250. The van der Waals surface area contributed by atoms with Crippen LogP contribution in [0, 0.1) is 6.92 Å². The molecule has 2 N–H and O–H groups in total. The van der Waals surface area contributed by atoms with Gasteiger partial charge in [0, 0.05) is 16.0 Å². The first kappa shape index (κ1) is 9.04. The average Bonchev–Trinajstić information content (AvgIpc) is 1.97. The smallest absolute Gasteiger partial charge is 0.0446 e. The van der Waals surface area contributed by atoms with Crippen molar-refractivity contribution in [3.63, 3.8) is 0 Å². The summed E-state index contributed by atoms with van der Waals surface area (Å²) in [5.41, 5.74) is 7.65. The largest absolute Gasteiger partial charge is 0.326 e. The third-order valence-corrected chi connectivity index (χ3v) is 2.69. The van der Waals surface area contributed by atoms with E-state index in [0.717, 1.165) is 20.6 Å². The van der Waals surface area contributed by atoms with Gasteiger partial charge in [-0.15, -0.1) is 0 Å². The fourth-order valence-electron chi connectivity index (χ4n) is 0.873. The fourth-order valence-corrected chi connectivity index (χ4v) is 1.67. The maximum absolute atomic E-state index is 5.87. The zero-order chi connectivity index (χ0) is 8.43. The second kappa shape index (κ2) is 3.57. The highest BCUT2D eigenvalue weighted by Gasteiger charge is 2.01.